The summed E-state index contributed by atoms with van der Waals surface area (Å²) in [7, 11) is 0. The molecular formula is C15H22N2O2. The second-order valence-electron chi connectivity index (χ2n) is 5.44. The SMILES string of the molecule is CCC(C)(O)CNC(=O)c1ccc2c(c1)CNCC2. The van der Waals surface area contributed by atoms with E-state index in [4.69, 9.17) is 0 Å². The minimum Gasteiger partial charge on any atom is -0.388 e. The fourth-order valence-electron chi connectivity index (χ4n) is 2.12. The Balaban J connectivity index is 2.03. The summed E-state index contributed by atoms with van der Waals surface area (Å²) in [5.41, 5.74) is 2.33. The summed E-state index contributed by atoms with van der Waals surface area (Å²) < 4.78 is 0. The number of rotatable bonds is 4. The Hall–Kier alpha value is -1.39. The van der Waals surface area contributed by atoms with E-state index in [1.165, 1.54) is 11.1 Å². The lowest BCUT2D eigenvalue weighted by Crippen LogP contribution is -2.40. The molecule has 1 amide bonds. The van der Waals surface area contributed by atoms with Crippen LogP contribution < -0.4 is 10.6 Å². The summed E-state index contributed by atoms with van der Waals surface area (Å²) in [6.07, 6.45) is 1.63. The number of benzene rings is 1. The van der Waals surface area contributed by atoms with Gasteiger partial charge in [0, 0.05) is 18.7 Å². The van der Waals surface area contributed by atoms with E-state index in [1.807, 2.05) is 25.1 Å². The highest BCUT2D eigenvalue weighted by molar-refractivity contribution is 5.94. The predicted octanol–water partition coefficient (Wildman–Crippen LogP) is 1.22. The zero-order chi connectivity index (χ0) is 13.9. The largest absolute Gasteiger partial charge is 0.388 e. The summed E-state index contributed by atoms with van der Waals surface area (Å²) in [5.74, 6) is -0.123. The molecule has 3 N–H and O–H groups in total. The molecule has 1 aromatic carbocycles. The molecule has 1 aliphatic heterocycles. The Kier molecular flexibility index (Phi) is 4.22. The molecule has 1 aromatic rings. The Morgan fingerprint density at radius 2 is 2.26 bits per heavy atom. The molecular weight excluding hydrogens is 240 g/mol. The van der Waals surface area contributed by atoms with Crippen molar-refractivity contribution in [1.29, 1.82) is 0 Å². The van der Waals surface area contributed by atoms with Crippen LogP contribution in [0.5, 0.6) is 0 Å². The summed E-state index contributed by atoms with van der Waals surface area (Å²) in [5, 5.41) is 16.0. The third kappa shape index (κ3) is 3.55. The average Bonchev–Trinajstić information content (AvgIpc) is 2.44. The molecule has 104 valence electrons. The molecule has 19 heavy (non-hydrogen) atoms. The van der Waals surface area contributed by atoms with Crippen LogP contribution in [0.3, 0.4) is 0 Å². The van der Waals surface area contributed by atoms with Gasteiger partial charge in [-0.2, -0.15) is 0 Å². The monoisotopic (exact) mass is 262 g/mol. The lowest BCUT2D eigenvalue weighted by molar-refractivity contribution is 0.0518. The van der Waals surface area contributed by atoms with E-state index in [2.05, 4.69) is 10.6 Å². The third-order valence-corrected chi connectivity index (χ3v) is 3.75. The predicted molar refractivity (Wildman–Crippen MR) is 75.1 cm³/mol. The molecule has 1 aliphatic rings. The summed E-state index contributed by atoms with van der Waals surface area (Å²) in [4.78, 5) is 12.1. The van der Waals surface area contributed by atoms with E-state index in [0.717, 1.165) is 19.5 Å². The Morgan fingerprint density at radius 1 is 1.47 bits per heavy atom. The van der Waals surface area contributed by atoms with Gasteiger partial charge in [-0.25, -0.2) is 0 Å². The summed E-state index contributed by atoms with van der Waals surface area (Å²) in [6.45, 7) is 5.72. The number of hydrogen-bond donors (Lipinski definition) is 3. The van der Waals surface area contributed by atoms with Crippen LogP contribution in [0.25, 0.3) is 0 Å². The molecule has 0 radical (unpaired) electrons. The Labute approximate surface area is 114 Å². The van der Waals surface area contributed by atoms with Crippen LogP contribution in [0.15, 0.2) is 18.2 Å². The molecule has 1 atom stereocenters. The number of carbonyl (C=O) groups excluding carboxylic acids is 1. The molecule has 0 spiro atoms. The number of aliphatic hydroxyl groups is 1. The first kappa shape index (κ1) is 14.0. The molecule has 4 nitrogen and oxygen atoms in total. The van der Waals surface area contributed by atoms with Crippen molar-refractivity contribution in [2.75, 3.05) is 13.1 Å². The quantitative estimate of drug-likeness (QED) is 0.764. The first-order valence-corrected chi connectivity index (χ1v) is 6.85. The minimum atomic E-state index is -0.842. The molecule has 0 bridgehead atoms. The molecule has 0 saturated carbocycles. The number of nitrogens with one attached hydrogen (secondary N) is 2. The van der Waals surface area contributed by atoms with Gasteiger partial charge in [0.05, 0.1) is 5.60 Å². The fourth-order valence-corrected chi connectivity index (χ4v) is 2.12. The Bertz CT molecular complexity index is 469. The van der Waals surface area contributed by atoms with E-state index in [9.17, 15) is 9.90 Å². The minimum absolute atomic E-state index is 0.123. The van der Waals surface area contributed by atoms with E-state index in [0.29, 0.717) is 12.0 Å². The molecule has 0 aromatic heterocycles. The second-order valence-corrected chi connectivity index (χ2v) is 5.44. The Morgan fingerprint density at radius 3 is 3.00 bits per heavy atom. The molecule has 1 unspecified atom stereocenters. The molecule has 4 heteroatoms. The van der Waals surface area contributed by atoms with Crippen molar-refractivity contribution in [2.45, 2.75) is 38.8 Å². The van der Waals surface area contributed by atoms with Gasteiger partial charge in [0.2, 0.25) is 0 Å². The number of carbonyl (C=O) groups is 1. The average molecular weight is 262 g/mol. The normalized spacial score (nSPS) is 17.4. The van der Waals surface area contributed by atoms with Gasteiger partial charge in [0.25, 0.3) is 5.91 Å². The van der Waals surface area contributed by atoms with Gasteiger partial charge >= 0.3 is 0 Å². The van der Waals surface area contributed by atoms with Crippen molar-refractivity contribution in [3.05, 3.63) is 34.9 Å². The van der Waals surface area contributed by atoms with Crippen LogP contribution in [-0.4, -0.2) is 29.7 Å². The van der Waals surface area contributed by atoms with Gasteiger partial charge in [-0.3, -0.25) is 4.79 Å². The van der Waals surface area contributed by atoms with Gasteiger partial charge in [-0.1, -0.05) is 13.0 Å². The molecule has 0 saturated heterocycles. The lowest BCUT2D eigenvalue weighted by atomic mass is 9.98. The zero-order valence-electron chi connectivity index (χ0n) is 11.6. The summed E-state index contributed by atoms with van der Waals surface area (Å²) in [6, 6.07) is 5.83. The van der Waals surface area contributed by atoms with Gasteiger partial charge in [-0.05, 0) is 49.6 Å². The maximum atomic E-state index is 12.1. The van der Waals surface area contributed by atoms with Crippen molar-refractivity contribution in [2.24, 2.45) is 0 Å². The van der Waals surface area contributed by atoms with Crippen molar-refractivity contribution in [3.63, 3.8) is 0 Å². The molecule has 0 aliphatic carbocycles. The second kappa shape index (κ2) is 5.72. The first-order chi connectivity index (χ1) is 9.02. The van der Waals surface area contributed by atoms with Crippen LogP contribution in [0.2, 0.25) is 0 Å². The van der Waals surface area contributed by atoms with E-state index in [-0.39, 0.29) is 12.5 Å². The van der Waals surface area contributed by atoms with Crippen molar-refractivity contribution in [1.82, 2.24) is 10.6 Å². The van der Waals surface area contributed by atoms with Crippen molar-refractivity contribution < 1.29 is 9.90 Å². The topological polar surface area (TPSA) is 61.4 Å². The van der Waals surface area contributed by atoms with E-state index >= 15 is 0 Å². The van der Waals surface area contributed by atoms with Gasteiger partial charge in [0.1, 0.15) is 0 Å². The fraction of sp³-hybridized carbons (Fsp3) is 0.533. The zero-order valence-corrected chi connectivity index (χ0v) is 11.6. The van der Waals surface area contributed by atoms with Crippen LogP contribution in [-0.2, 0) is 13.0 Å². The third-order valence-electron chi connectivity index (χ3n) is 3.75. The highest BCUT2D eigenvalue weighted by Gasteiger charge is 2.19. The van der Waals surface area contributed by atoms with Gasteiger partial charge in [-0.15, -0.1) is 0 Å². The van der Waals surface area contributed by atoms with Crippen LogP contribution in [0, 0.1) is 0 Å². The van der Waals surface area contributed by atoms with Gasteiger partial charge < -0.3 is 15.7 Å². The molecule has 1 heterocycles. The van der Waals surface area contributed by atoms with E-state index in [1.54, 1.807) is 6.92 Å². The van der Waals surface area contributed by atoms with Crippen molar-refractivity contribution >= 4 is 5.91 Å². The number of amides is 1. The smallest absolute Gasteiger partial charge is 0.251 e. The lowest BCUT2D eigenvalue weighted by Gasteiger charge is -2.22. The number of fused-ring (bicyclic) bond motifs is 1. The van der Waals surface area contributed by atoms with Crippen LogP contribution >= 0.6 is 0 Å². The van der Waals surface area contributed by atoms with Crippen LogP contribution in [0.4, 0.5) is 0 Å². The van der Waals surface area contributed by atoms with Crippen LogP contribution in [0.1, 0.15) is 41.8 Å². The molecule has 0 fully saturated rings. The maximum absolute atomic E-state index is 12.1. The van der Waals surface area contributed by atoms with Gasteiger partial charge in [0.15, 0.2) is 0 Å². The maximum Gasteiger partial charge on any atom is 0.251 e. The standard InChI is InChI=1S/C15H22N2O2/c1-3-15(2,19)10-17-14(18)12-5-4-11-6-7-16-9-13(11)8-12/h4-5,8,16,19H,3,6-7,9-10H2,1-2H3,(H,17,18). The van der Waals surface area contributed by atoms with Crippen molar-refractivity contribution in [3.8, 4) is 0 Å². The highest BCUT2D eigenvalue weighted by Crippen LogP contribution is 2.16. The highest BCUT2D eigenvalue weighted by atomic mass is 16.3. The summed E-state index contributed by atoms with van der Waals surface area (Å²) >= 11 is 0. The molecule has 2 rings (SSSR count). The number of hydrogen-bond acceptors (Lipinski definition) is 3. The first-order valence-electron chi connectivity index (χ1n) is 6.85. The van der Waals surface area contributed by atoms with E-state index < -0.39 is 5.60 Å².